The second-order valence-corrected chi connectivity index (χ2v) is 11.2. The van der Waals surface area contributed by atoms with Gasteiger partial charge in [-0.3, -0.25) is 9.56 Å². The number of phenolic OH excluding ortho intramolecular Hbond substituents is 1. The van der Waals surface area contributed by atoms with Crippen LogP contribution in [0, 0.1) is 0 Å². The molecule has 4 rings (SSSR count). The van der Waals surface area contributed by atoms with Gasteiger partial charge in [-0.1, -0.05) is 59.7 Å². The van der Waals surface area contributed by atoms with Gasteiger partial charge in [0.2, 0.25) is 0 Å². The van der Waals surface area contributed by atoms with Crippen molar-refractivity contribution in [2.45, 2.75) is 58.9 Å². The van der Waals surface area contributed by atoms with Crippen molar-refractivity contribution in [3.63, 3.8) is 0 Å². The highest BCUT2D eigenvalue weighted by Gasteiger charge is 2.27. The summed E-state index contributed by atoms with van der Waals surface area (Å²) in [6.07, 6.45) is 1.68. The van der Waals surface area contributed by atoms with Gasteiger partial charge in [0, 0.05) is 27.8 Å². The van der Waals surface area contributed by atoms with Crippen LogP contribution in [0.1, 0.15) is 58.4 Å². The van der Waals surface area contributed by atoms with Crippen LogP contribution in [0.5, 0.6) is 5.75 Å². The molecule has 4 nitrogen and oxygen atoms in total. The Hall–Kier alpha value is -3.05. The molecule has 0 amide bonds. The zero-order valence-electron chi connectivity index (χ0n) is 20.2. The smallest absolute Gasteiger partial charge is 0.190 e. The summed E-state index contributed by atoms with van der Waals surface area (Å²) < 4.78 is 7.68. The molecule has 0 unspecified atom stereocenters. The Morgan fingerprint density at radius 3 is 2.09 bits per heavy atom. The minimum Gasteiger partial charge on any atom is -0.507 e. The molecule has 2 aromatic heterocycles. The maximum atomic E-state index is 11.2. The molecule has 0 saturated heterocycles. The zero-order chi connectivity index (χ0) is 23.8. The third-order valence-electron chi connectivity index (χ3n) is 5.69. The van der Waals surface area contributed by atoms with Gasteiger partial charge in [-0.25, -0.2) is 0 Å². The summed E-state index contributed by atoms with van der Waals surface area (Å²) >= 11 is 1.61. The van der Waals surface area contributed by atoms with Crippen LogP contribution in [0.3, 0.4) is 0 Å². The first-order valence-electron chi connectivity index (χ1n) is 11.2. The van der Waals surface area contributed by atoms with Gasteiger partial charge in [-0.15, -0.1) is 11.3 Å². The lowest BCUT2D eigenvalue weighted by atomic mass is 9.78. The molecule has 0 saturated carbocycles. The third kappa shape index (κ3) is 4.83. The lowest BCUT2D eigenvalue weighted by molar-refractivity contribution is 0.423. The summed E-state index contributed by atoms with van der Waals surface area (Å²) in [5, 5.41) is 13.3. The van der Waals surface area contributed by atoms with Crippen LogP contribution in [0.25, 0.3) is 16.9 Å². The molecule has 0 spiro atoms. The summed E-state index contributed by atoms with van der Waals surface area (Å²) in [5.41, 5.74) is 4.69. The van der Waals surface area contributed by atoms with E-state index in [0.29, 0.717) is 12.3 Å². The average molecular weight is 461 g/mol. The molecular weight excluding hydrogens is 428 g/mol. The number of hydrogen-bond donors (Lipinski definition) is 1. The van der Waals surface area contributed by atoms with Crippen molar-refractivity contribution in [3.8, 4) is 22.7 Å². The van der Waals surface area contributed by atoms with Gasteiger partial charge in [0.25, 0.3) is 0 Å². The molecule has 5 heteroatoms. The van der Waals surface area contributed by atoms with Crippen LogP contribution in [0.4, 0.5) is 0 Å². The summed E-state index contributed by atoms with van der Waals surface area (Å²) in [5.74, 6) is 1.22. The zero-order valence-corrected chi connectivity index (χ0v) is 21.0. The molecule has 33 heavy (non-hydrogen) atoms. The number of thiazole rings is 1. The number of aromatic hydroxyl groups is 1. The molecular formula is C28H32N2O2S. The Labute approximate surface area is 199 Å². The fourth-order valence-electron chi connectivity index (χ4n) is 3.92. The van der Waals surface area contributed by atoms with E-state index in [1.807, 2.05) is 30.3 Å². The maximum Gasteiger partial charge on any atom is 0.190 e. The van der Waals surface area contributed by atoms with Crippen molar-refractivity contribution in [2.75, 3.05) is 0 Å². The highest BCUT2D eigenvalue weighted by atomic mass is 32.1. The fraction of sp³-hybridized carbons (Fsp3) is 0.321. The van der Waals surface area contributed by atoms with Crippen molar-refractivity contribution in [1.82, 2.24) is 4.57 Å². The summed E-state index contributed by atoms with van der Waals surface area (Å²) in [6.45, 7) is 13.3. The van der Waals surface area contributed by atoms with Gasteiger partial charge >= 0.3 is 0 Å². The molecule has 2 heterocycles. The number of phenols is 1. The van der Waals surface area contributed by atoms with Gasteiger partial charge in [0.15, 0.2) is 4.80 Å². The van der Waals surface area contributed by atoms with Crippen LogP contribution in [0.15, 0.2) is 75.7 Å². The lowest BCUT2D eigenvalue weighted by Gasteiger charge is -2.28. The average Bonchev–Trinajstić information content (AvgIpc) is 3.41. The number of furan rings is 1. The van der Waals surface area contributed by atoms with Crippen LogP contribution < -0.4 is 4.80 Å². The van der Waals surface area contributed by atoms with E-state index in [4.69, 9.17) is 9.41 Å². The van der Waals surface area contributed by atoms with Crippen molar-refractivity contribution in [3.05, 3.63) is 87.9 Å². The summed E-state index contributed by atoms with van der Waals surface area (Å²) in [7, 11) is 0. The summed E-state index contributed by atoms with van der Waals surface area (Å²) in [4.78, 5) is 5.77. The van der Waals surface area contributed by atoms with Crippen LogP contribution in [-0.2, 0) is 17.4 Å². The Balaban J connectivity index is 1.97. The van der Waals surface area contributed by atoms with Crippen molar-refractivity contribution in [1.29, 1.82) is 0 Å². The fourth-order valence-corrected chi connectivity index (χ4v) is 4.83. The predicted molar refractivity (Wildman–Crippen MR) is 136 cm³/mol. The van der Waals surface area contributed by atoms with E-state index in [9.17, 15) is 5.11 Å². The first-order chi connectivity index (χ1) is 15.6. The Bertz CT molecular complexity index is 1260. The van der Waals surface area contributed by atoms with Crippen molar-refractivity contribution < 1.29 is 9.52 Å². The van der Waals surface area contributed by atoms with Crippen LogP contribution >= 0.6 is 11.3 Å². The molecule has 4 aromatic rings. The number of para-hydroxylation sites is 1. The minimum absolute atomic E-state index is 0.194. The van der Waals surface area contributed by atoms with Crippen LogP contribution in [-0.4, -0.2) is 9.67 Å². The van der Waals surface area contributed by atoms with Gasteiger partial charge < -0.3 is 9.52 Å². The van der Waals surface area contributed by atoms with E-state index in [1.165, 1.54) is 0 Å². The van der Waals surface area contributed by atoms with E-state index in [0.717, 1.165) is 38.6 Å². The van der Waals surface area contributed by atoms with Gasteiger partial charge in [0.05, 0.1) is 12.0 Å². The number of nitrogens with zero attached hydrogens (tertiary/aromatic N) is 2. The normalized spacial score (nSPS) is 13.0. The van der Waals surface area contributed by atoms with Gasteiger partial charge in [-0.05, 0) is 47.2 Å². The molecule has 172 valence electrons. The molecule has 0 atom stereocenters. The van der Waals surface area contributed by atoms with Crippen molar-refractivity contribution in [2.24, 2.45) is 4.99 Å². The second-order valence-electron chi connectivity index (χ2n) is 10.4. The highest BCUT2D eigenvalue weighted by Crippen LogP contribution is 2.42. The number of hydrogen-bond acceptors (Lipinski definition) is 4. The standard InChI is InChI=1S/C28H32N2O2S/c1-27(2,3)22-15-19(16-23(25(22)31)28(4,5)6)24-18-33-26(29-17-21-13-10-14-32-21)30(24)20-11-8-7-9-12-20/h7-16,18,31H,17H2,1-6H3. The quantitative estimate of drug-likeness (QED) is 0.350. The van der Waals surface area contributed by atoms with Crippen LogP contribution in [0.2, 0.25) is 0 Å². The Morgan fingerprint density at radius 1 is 0.909 bits per heavy atom. The van der Waals surface area contributed by atoms with E-state index in [1.54, 1.807) is 17.6 Å². The largest absolute Gasteiger partial charge is 0.507 e. The van der Waals surface area contributed by atoms with E-state index < -0.39 is 0 Å². The monoisotopic (exact) mass is 460 g/mol. The van der Waals surface area contributed by atoms with E-state index in [-0.39, 0.29) is 10.8 Å². The Kier molecular flexibility index (Phi) is 6.10. The van der Waals surface area contributed by atoms with E-state index in [2.05, 4.69) is 75.8 Å². The predicted octanol–water partition coefficient (Wildman–Crippen LogP) is 7.20. The van der Waals surface area contributed by atoms with Gasteiger partial charge in [0.1, 0.15) is 18.1 Å². The first kappa shape index (κ1) is 23.1. The Morgan fingerprint density at radius 2 is 1.55 bits per heavy atom. The molecule has 1 N–H and O–H groups in total. The number of aromatic nitrogens is 1. The SMILES string of the molecule is CC(C)(C)c1cc(-c2csc(=NCc3ccco3)n2-c2ccccc2)cc(C(C)(C)C)c1O. The number of benzene rings is 2. The topological polar surface area (TPSA) is 50.7 Å². The summed E-state index contributed by atoms with van der Waals surface area (Å²) in [6, 6.07) is 18.4. The number of rotatable bonds is 4. The maximum absolute atomic E-state index is 11.2. The first-order valence-corrected chi connectivity index (χ1v) is 12.1. The molecule has 2 aromatic carbocycles. The molecule has 0 bridgehead atoms. The van der Waals surface area contributed by atoms with Crippen molar-refractivity contribution >= 4 is 11.3 Å². The third-order valence-corrected chi connectivity index (χ3v) is 6.56. The second kappa shape index (κ2) is 8.71. The molecule has 0 aliphatic carbocycles. The molecule has 0 fully saturated rings. The molecule has 0 aliphatic heterocycles. The molecule has 0 aliphatic rings. The van der Waals surface area contributed by atoms with E-state index >= 15 is 0 Å². The minimum atomic E-state index is -0.194. The van der Waals surface area contributed by atoms with Gasteiger partial charge in [-0.2, -0.15) is 0 Å². The lowest BCUT2D eigenvalue weighted by Crippen LogP contribution is -2.18. The molecule has 0 radical (unpaired) electrons. The highest BCUT2D eigenvalue weighted by molar-refractivity contribution is 7.07.